The van der Waals surface area contributed by atoms with E-state index in [9.17, 15) is 4.79 Å². The van der Waals surface area contributed by atoms with Gasteiger partial charge < -0.3 is 20.4 Å². The number of carbonyl (C=O) groups excluding carboxylic acids is 1. The van der Waals surface area contributed by atoms with Gasteiger partial charge in [-0.2, -0.15) is 0 Å². The molecule has 2 aliphatic carbocycles. The van der Waals surface area contributed by atoms with Crippen molar-refractivity contribution in [1.82, 2.24) is 0 Å². The fraction of sp³-hybridized carbons (Fsp3) is 0.0500. The van der Waals surface area contributed by atoms with E-state index in [0.29, 0.717) is 5.56 Å². The van der Waals surface area contributed by atoms with Gasteiger partial charge in [0.15, 0.2) is 17.3 Å². The molecule has 0 spiro atoms. The van der Waals surface area contributed by atoms with Crippen LogP contribution in [0, 0.1) is 0 Å². The monoisotopic (exact) mass is 336 g/mol. The second-order valence-corrected chi connectivity index (χ2v) is 5.73. The lowest BCUT2D eigenvalue weighted by atomic mass is 9.90. The zero-order valence-electron chi connectivity index (χ0n) is 13.2. The predicted molar refractivity (Wildman–Crippen MR) is 92.2 cm³/mol. The molecule has 3 aromatic carbocycles. The van der Waals surface area contributed by atoms with Gasteiger partial charge in [-0.3, -0.25) is 4.79 Å². The molecular weight excluding hydrogens is 320 g/mol. The molecule has 0 fully saturated rings. The lowest BCUT2D eigenvalue weighted by Crippen LogP contribution is -2.12. The molecule has 3 aromatic rings. The highest BCUT2D eigenvalue weighted by molar-refractivity contribution is 6.18. The Kier molecular flexibility index (Phi) is 4.31. The number of hydrogen-bond acceptors (Lipinski definition) is 5. The number of phenols is 4. The summed E-state index contributed by atoms with van der Waals surface area (Å²) in [6.45, 7) is 0. The normalized spacial score (nSPS) is 11.3. The van der Waals surface area contributed by atoms with Crippen molar-refractivity contribution in [3.8, 4) is 23.0 Å². The van der Waals surface area contributed by atoms with Crippen molar-refractivity contribution < 1.29 is 25.2 Å². The van der Waals surface area contributed by atoms with Crippen LogP contribution in [0.3, 0.4) is 0 Å². The first-order chi connectivity index (χ1) is 11.9. The van der Waals surface area contributed by atoms with Gasteiger partial charge in [0.1, 0.15) is 11.5 Å². The average Bonchev–Trinajstić information content (AvgIpc) is 2.61. The number of fused-ring (bicyclic) bond motifs is 2. The first kappa shape index (κ1) is 16.4. The van der Waals surface area contributed by atoms with Crippen molar-refractivity contribution in [2.75, 3.05) is 0 Å². The second-order valence-electron chi connectivity index (χ2n) is 5.73. The molecule has 5 heteroatoms. The van der Waals surface area contributed by atoms with Gasteiger partial charge in [0.05, 0.1) is 5.56 Å². The number of phenolic OH excluding ortho intramolecular Hbond substituents is 4. The van der Waals surface area contributed by atoms with Gasteiger partial charge in [-0.05, 0) is 53.9 Å². The maximum atomic E-state index is 10.8. The second kappa shape index (κ2) is 6.57. The van der Waals surface area contributed by atoms with Gasteiger partial charge in [-0.15, -0.1) is 0 Å². The van der Waals surface area contributed by atoms with Gasteiger partial charge in [-0.25, -0.2) is 0 Å². The first-order valence-electron chi connectivity index (χ1n) is 7.60. The van der Waals surface area contributed by atoms with Crippen LogP contribution in [-0.2, 0) is 6.42 Å². The van der Waals surface area contributed by atoms with Gasteiger partial charge in [0, 0.05) is 5.56 Å². The summed E-state index contributed by atoms with van der Waals surface area (Å²) in [5.74, 6) is -0.142. The van der Waals surface area contributed by atoms with Crippen LogP contribution in [0.25, 0.3) is 0 Å². The van der Waals surface area contributed by atoms with Crippen molar-refractivity contribution in [3.63, 3.8) is 0 Å². The minimum absolute atomic E-state index is 0.185. The molecule has 0 unspecified atom stereocenters. The maximum absolute atomic E-state index is 10.8. The summed E-state index contributed by atoms with van der Waals surface area (Å²) in [5, 5.41) is 36.1. The van der Waals surface area contributed by atoms with E-state index in [4.69, 9.17) is 20.4 Å². The largest absolute Gasteiger partial charge is 0.508 e. The molecule has 0 saturated heterocycles. The Morgan fingerprint density at radius 2 is 1.16 bits per heavy atom. The molecule has 2 bridgehead atoms. The minimum Gasteiger partial charge on any atom is -0.508 e. The number of rotatable bonds is 2. The summed E-state index contributed by atoms with van der Waals surface area (Å²) in [4.78, 5) is 10.8. The minimum atomic E-state index is -0.306. The summed E-state index contributed by atoms with van der Waals surface area (Å²) < 4.78 is 0. The van der Waals surface area contributed by atoms with Crippen LogP contribution < -0.4 is 0 Å². The summed E-state index contributed by atoms with van der Waals surface area (Å²) in [5.41, 5.74) is 2.96. The summed E-state index contributed by atoms with van der Waals surface area (Å²) in [7, 11) is 0. The van der Waals surface area contributed by atoms with Gasteiger partial charge in [0.2, 0.25) is 0 Å². The SMILES string of the molecule is O=C1c2cc(O)c(O)c1c2.Oc1ccc(Cc2ccc(O)cc2)cc1. The Morgan fingerprint density at radius 3 is 1.52 bits per heavy atom. The van der Waals surface area contributed by atoms with Gasteiger partial charge in [0.25, 0.3) is 0 Å². The van der Waals surface area contributed by atoms with E-state index in [-0.39, 0.29) is 34.3 Å². The Hall–Kier alpha value is -3.47. The molecule has 0 saturated carbocycles. The summed E-state index contributed by atoms with van der Waals surface area (Å²) in [6.07, 6.45) is 0.806. The Labute approximate surface area is 144 Å². The lowest BCUT2D eigenvalue weighted by molar-refractivity contribution is 0.102. The highest BCUT2D eigenvalue weighted by Gasteiger charge is 2.27. The van der Waals surface area contributed by atoms with E-state index in [0.717, 1.165) is 17.5 Å². The number of hydrogen-bond donors (Lipinski definition) is 4. The maximum Gasteiger partial charge on any atom is 0.197 e. The molecule has 126 valence electrons. The van der Waals surface area contributed by atoms with Gasteiger partial charge >= 0.3 is 0 Å². The number of ketones is 1. The molecule has 0 radical (unpaired) electrons. The third-order valence-corrected chi connectivity index (χ3v) is 3.88. The molecule has 25 heavy (non-hydrogen) atoms. The average molecular weight is 336 g/mol. The molecule has 0 atom stereocenters. The molecule has 0 aromatic heterocycles. The van der Waals surface area contributed by atoms with Crippen molar-refractivity contribution in [2.24, 2.45) is 0 Å². The fourth-order valence-corrected chi connectivity index (χ4v) is 2.46. The van der Waals surface area contributed by atoms with Crippen LogP contribution in [-0.4, -0.2) is 26.2 Å². The van der Waals surface area contributed by atoms with E-state index in [2.05, 4.69) is 0 Å². The molecular formula is C20H16O5. The van der Waals surface area contributed by atoms with Crippen LogP contribution in [0.2, 0.25) is 0 Å². The third kappa shape index (κ3) is 3.55. The smallest absolute Gasteiger partial charge is 0.197 e. The molecule has 4 N–H and O–H groups in total. The van der Waals surface area contributed by atoms with Crippen LogP contribution in [0.15, 0.2) is 60.7 Å². The number of carbonyl (C=O) groups is 1. The Balaban J connectivity index is 0.000000157. The van der Waals surface area contributed by atoms with E-state index in [1.807, 2.05) is 24.3 Å². The number of benzene rings is 3. The molecule has 0 aliphatic heterocycles. The van der Waals surface area contributed by atoms with Crippen LogP contribution in [0.1, 0.15) is 27.0 Å². The molecule has 2 aliphatic rings. The van der Waals surface area contributed by atoms with Gasteiger partial charge in [-0.1, -0.05) is 24.3 Å². The summed E-state index contributed by atoms with van der Waals surface area (Å²) in [6, 6.07) is 17.1. The van der Waals surface area contributed by atoms with E-state index in [1.54, 1.807) is 24.3 Å². The standard InChI is InChI=1S/C13H12O2.C7H4O3/c14-12-5-1-10(2-6-12)9-11-3-7-13(15)8-4-11;8-5-2-3-1-4(6(3)9)7(5)10/h1-8,14-15H,9H2;1-2,8,10H. The highest BCUT2D eigenvalue weighted by Crippen LogP contribution is 2.38. The molecule has 5 rings (SSSR count). The zero-order chi connectivity index (χ0) is 18.0. The zero-order valence-corrected chi connectivity index (χ0v) is 13.2. The third-order valence-electron chi connectivity index (χ3n) is 3.88. The van der Waals surface area contributed by atoms with Crippen molar-refractivity contribution in [2.45, 2.75) is 6.42 Å². The quantitative estimate of drug-likeness (QED) is 0.421. The van der Waals surface area contributed by atoms with Crippen molar-refractivity contribution in [3.05, 3.63) is 82.9 Å². The molecule has 0 amide bonds. The van der Waals surface area contributed by atoms with Crippen LogP contribution in [0.5, 0.6) is 23.0 Å². The van der Waals surface area contributed by atoms with Crippen molar-refractivity contribution >= 4 is 5.78 Å². The van der Waals surface area contributed by atoms with Crippen molar-refractivity contribution in [1.29, 1.82) is 0 Å². The first-order valence-corrected chi connectivity index (χ1v) is 7.60. The van der Waals surface area contributed by atoms with Crippen LogP contribution >= 0.6 is 0 Å². The Morgan fingerprint density at radius 1 is 0.680 bits per heavy atom. The Bertz CT molecular complexity index is 869. The highest BCUT2D eigenvalue weighted by atomic mass is 16.3. The summed E-state index contributed by atoms with van der Waals surface area (Å²) >= 11 is 0. The molecule has 5 nitrogen and oxygen atoms in total. The molecule has 0 heterocycles. The van der Waals surface area contributed by atoms with E-state index < -0.39 is 0 Å². The van der Waals surface area contributed by atoms with E-state index >= 15 is 0 Å². The number of aromatic hydroxyl groups is 4. The fourth-order valence-electron chi connectivity index (χ4n) is 2.46. The van der Waals surface area contributed by atoms with Crippen LogP contribution in [0.4, 0.5) is 0 Å². The predicted octanol–water partition coefficient (Wildman–Crippen LogP) is 3.33. The lowest BCUT2D eigenvalue weighted by Gasteiger charge is -2.15. The topological polar surface area (TPSA) is 98.0 Å². The van der Waals surface area contributed by atoms with E-state index in [1.165, 1.54) is 12.1 Å².